The van der Waals surface area contributed by atoms with Crippen LogP contribution in [0, 0.1) is 0 Å². The van der Waals surface area contributed by atoms with E-state index >= 15 is 0 Å². The van der Waals surface area contributed by atoms with E-state index in [1.54, 1.807) is 0 Å². The molecule has 4 heteroatoms. The Bertz CT molecular complexity index is 312. The van der Waals surface area contributed by atoms with Gasteiger partial charge in [0, 0.05) is 16.6 Å². The first-order chi connectivity index (χ1) is 6.12. The summed E-state index contributed by atoms with van der Waals surface area (Å²) in [4.78, 5) is 0. The van der Waals surface area contributed by atoms with Crippen LogP contribution in [-0.4, -0.2) is 16.1 Å². The Hall–Kier alpha value is 0.300. The van der Waals surface area contributed by atoms with Crippen LogP contribution < -0.4 is 0 Å². The second-order valence-corrected chi connectivity index (χ2v) is 6.41. The van der Waals surface area contributed by atoms with Crippen LogP contribution in [0.2, 0.25) is 4.34 Å². The van der Waals surface area contributed by atoms with Gasteiger partial charge in [0.2, 0.25) is 0 Å². The normalized spacial score (nSPS) is 33.9. The van der Waals surface area contributed by atoms with Crippen LogP contribution in [0.1, 0.15) is 18.9 Å². The number of aliphatic hydroxyl groups is 1. The topological polar surface area (TPSA) is 20.2 Å². The lowest BCUT2D eigenvalue weighted by atomic mass is 9.94. The van der Waals surface area contributed by atoms with Gasteiger partial charge >= 0.3 is 0 Å². The van der Waals surface area contributed by atoms with Crippen molar-refractivity contribution in [1.82, 2.24) is 0 Å². The molecule has 2 atom stereocenters. The van der Waals surface area contributed by atoms with Gasteiger partial charge in [-0.1, -0.05) is 18.5 Å². The van der Waals surface area contributed by atoms with E-state index in [9.17, 15) is 5.11 Å². The smallest absolute Gasteiger partial charge is 0.102 e. The van der Waals surface area contributed by atoms with Gasteiger partial charge in [-0.2, -0.15) is 11.8 Å². The van der Waals surface area contributed by atoms with Crippen molar-refractivity contribution in [2.75, 3.05) is 5.75 Å². The van der Waals surface area contributed by atoms with Crippen LogP contribution in [0.3, 0.4) is 0 Å². The first-order valence-electron chi connectivity index (χ1n) is 4.19. The minimum Gasteiger partial charge on any atom is -0.384 e. The summed E-state index contributed by atoms with van der Waals surface area (Å²) in [5.41, 5.74) is 0.234. The Labute approximate surface area is 91.1 Å². The summed E-state index contributed by atoms with van der Waals surface area (Å²) in [6.07, 6.45) is 0.814. The zero-order valence-electron chi connectivity index (χ0n) is 7.29. The fourth-order valence-electron chi connectivity index (χ4n) is 1.69. The van der Waals surface area contributed by atoms with E-state index in [1.165, 1.54) is 11.3 Å². The van der Waals surface area contributed by atoms with Crippen molar-refractivity contribution in [2.24, 2.45) is 0 Å². The molecule has 0 saturated carbocycles. The summed E-state index contributed by atoms with van der Waals surface area (Å²) < 4.78 is 0.734. The number of hydrogen-bond acceptors (Lipinski definition) is 3. The molecular weight excluding hydrogens is 224 g/mol. The molecule has 2 heterocycles. The van der Waals surface area contributed by atoms with Gasteiger partial charge in [0.1, 0.15) is 5.60 Å². The minimum absolute atomic E-state index is 0.529. The average molecular weight is 235 g/mol. The van der Waals surface area contributed by atoms with E-state index in [0.717, 1.165) is 22.1 Å². The van der Waals surface area contributed by atoms with Crippen molar-refractivity contribution < 1.29 is 5.11 Å². The van der Waals surface area contributed by atoms with Crippen molar-refractivity contribution in [1.29, 1.82) is 0 Å². The third-order valence-corrected chi connectivity index (χ3v) is 4.90. The highest BCUT2D eigenvalue weighted by Gasteiger charge is 2.39. The summed E-state index contributed by atoms with van der Waals surface area (Å²) in [6, 6.07) is 1.94. The van der Waals surface area contributed by atoms with Crippen molar-refractivity contribution >= 4 is 34.7 Å². The Morgan fingerprint density at radius 2 is 2.46 bits per heavy atom. The number of thioether (sulfide) groups is 1. The van der Waals surface area contributed by atoms with Crippen LogP contribution in [0.15, 0.2) is 11.4 Å². The highest BCUT2D eigenvalue weighted by molar-refractivity contribution is 8.00. The van der Waals surface area contributed by atoms with Gasteiger partial charge in [-0.15, -0.1) is 11.3 Å². The summed E-state index contributed by atoms with van der Waals surface area (Å²) in [7, 11) is 0. The molecule has 0 aromatic carbocycles. The molecule has 1 aromatic rings. The molecule has 1 aliphatic heterocycles. The quantitative estimate of drug-likeness (QED) is 0.806. The molecule has 1 N–H and O–H groups in total. The zero-order valence-corrected chi connectivity index (χ0v) is 9.68. The lowest BCUT2D eigenvalue weighted by Crippen LogP contribution is -2.25. The van der Waals surface area contributed by atoms with E-state index < -0.39 is 5.60 Å². The van der Waals surface area contributed by atoms with Crippen molar-refractivity contribution in [2.45, 2.75) is 24.2 Å². The van der Waals surface area contributed by atoms with Crippen molar-refractivity contribution in [3.05, 3.63) is 21.3 Å². The molecule has 1 nitrogen and oxygen atoms in total. The minimum atomic E-state index is -0.679. The fraction of sp³-hybridized carbons (Fsp3) is 0.556. The summed E-state index contributed by atoms with van der Waals surface area (Å²) in [5, 5.41) is 12.8. The third kappa shape index (κ3) is 1.75. The van der Waals surface area contributed by atoms with E-state index in [4.69, 9.17) is 11.6 Å². The first-order valence-corrected chi connectivity index (χ1v) is 6.50. The molecule has 1 aromatic heterocycles. The van der Waals surface area contributed by atoms with E-state index in [1.807, 2.05) is 23.2 Å². The lowest BCUT2D eigenvalue weighted by molar-refractivity contribution is 0.0618. The standard InChI is InChI=1S/C9H11ClOS2/c1-6-4-9(11,5-13-6)7-2-3-12-8(7)10/h2-3,6,11H,4-5H2,1H3. The van der Waals surface area contributed by atoms with Crippen LogP contribution >= 0.6 is 34.7 Å². The zero-order chi connectivity index (χ0) is 9.47. The van der Waals surface area contributed by atoms with Gasteiger partial charge < -0.3 is 5.11 Å². The molecule has 72 valence electrons. The molecule has 1 aliphatic rings. The van der Waals surface area contributed by atoms with Crippen molar-refractivity contribution in [3.63, 3.8) is 0 Å². The SMILES string of the molecule is CC1CC(O)(c2ccsc2Cl)CS1. The highest BCUT2D eigenvalue weighted by Crippen LogP contribution is 2.44. The largest absolute Gasteiger partial charge is 0.384 e. The molecular formula is C9H11ClOS2. The fourth-order valence-corrected chi connectivity index (χ4v) is 4.02. The molecule has 0 aliphatic carbocycles. The van der Waals surface area contributed by atoms with Gasteiger partial charge in [0.15, 0.2) is 0 Å². The maximum Gasteiger partial charge on any atom is 0.102 e. The van der Waals surface area contributed by atoms with Crippen LogP contribution in [0.5, 0.6) is 0 Å². The molecule has 1 fully saturated rings. The van der Waals surface area contributed by atoms with Crippen LogP contribution in [0.25, 0.3) is 0 Å². The van der Waals surface area contributed by atoms with Crippen LogP contribution in [-0.2, 0) is 5.60 Å². The second-order valence-electron chi connectivity index (χ2n) is 3.47. The average Bonchev–Trinajstić information content (AvgIpc) is 2.59. The predicted molar refractivity (Wildman–Crippen MR) is 59.8 cm³/mol. The molecule has 2 rings (SSSR count). The highest BCUT2D eigenvalue weighted by atomic mass is 35.5. The summed E-state index contributed by atoms with van der Waals surface area (Å²) >= 11 is 9.30. The number of rotatable bonds is 1. The molecule has 0 spiro atoms. The van der Waals surface area contributed by atoms with E-state index in [-0.39, 0.29) is 0 Å². The molecule has 2 unspecified atom stereocenters. The van der Waals surface area contributed by atoms with E-state index in [2.05, 4.69) is 6.92 Å². The number of hydrogen-bond donors (Lipinski definition) is 1. The monoisotopic (exact) mass is 234 g/mol. The lowest BCUT2D eigenvalue weighted by Gasteiger charge is -2.20. The Kier molecular flexibility index (Phi) is 2.62. The molecule has 1 saturated heterocycles. The van der Waals surface area contributed by atoms with Crippen molar-refractivity contribution in [3.8, 4) is 0 Å². The second kappa shape index (κ2) is 3.46. The maximum atomic E-state index is 10.3. The third-order valence-electron chi connectivity index (χ3n) is 2.35. The molecule has 0 radical (unpaired) electrons. The Balaban J connectivity index is 2.30. The van der Waals surface area contributed by atoms with Gasteiger partial charge in [0.05, 0.1) is 4.34 Å². The number of thiophene rings is 1. The summed E-state index contributed by atoms with van der Waals surface area (Å²) in [5.74, 6) is 0.768. The molecule has 0 bridgehead atoms. The first kappa shape index (κ1) is 9.84. The van der Waals surface area contributed by atoms with Crippen LogP contribution in [0.4, 0.5) is 0 Å². The van der Waals surface area contributed by atoms with Gasteiger partial charge in [-0.05, 0) is 17.9 Å². The summed E-state index contributed by atoms with van der Waals surface area (Å²) in [6.45, 7) is 2.14. The van der Waals surface area contributed by atoms with Gasteiger partial charge in [0.25, 0.3) is 0 Å². The Morgan fingerprint density at radius 3 is 2.92 bits per heavy atom. The number of halogens is 1. The van der Waals surface area contributed by atoms with E-state index in [0.29, 0.717) is 5.25 Å². The predicted octanol–water partition coefficient (Wildman–Crippen LogP) is 3.11. The van der Waals surface area contributed by atoms with Gasteiger partial charge in [-0.25, -0.2) is 0 Å². The Morgan fingerprint density at radius 1 is 1.69 bits per heavy atom. The van der Waals surface area contributed by atoms with Gasteiger partial charge in [-0.3, -0.25) is 0 Å². The molecule has 13 heavy (non-hydrogen) atoms. The maximum absolute atomic E-state index is 10.3. The molecule has 0 amide bonds.